The molecular weight excluding hydrogens is 78.0 g/mol. The van der Waals surface area contributed by atoms with Gasteiger partial charge >= 0.3 is 0 Å². The Labute approximate surface area is 56.8 Å². The molecule has 28 valence electrons. The second-order valence-electron chi connectivity index (χ2n) is 0.500. The summed E-state index contributed by atoms with van der Waals surface area (Å²) in [6.07, 6.45) is 0. The van der Waals surface area contributed by atoms with Crippen molar-refractivity contribution in [3.63, 3.8) is 0 Å². The van der Waals surface area contributed by atoms with Crippen LogP contribution >= 0.6 is 0 Å². The van der Waals surface area contributed by atoms with Crippen LogP contribution in [0.15, 0.2) is 0 Å². The summed E-state index contributed by atoms with van der Waals surface area (Å²) in [7, 11) is 3.75. The van der Waals surface area contributed by atoms with Crippen molar-refractivity contribution in [3.05, 3.63) is 0 Å². The SMILES string of the molecule is CNC.[Ar]. The monoisotopic (exact) mass is 85.0 g/mol. The minimum absolute atomic E-state index is 0. The quantitative estimate of drug-likeness (QED) is 0.430. The maximum absolute atomic E-state index is 2.75. The van der Waals surface area contributed by atoms with E-state index in [0.29, 0.717) is 0 Å². The Balaban J connectivity index is 0. The molecule has 0 aromatic carbocycles. The van der Waals surface area contributed by atoms with E-state index in [0.717, 1.165) is 0 Å². The van der Waals surface area contributed by atoms with Crippen LogP contribution in [0.2, 0.25) is 0 Å². The smallest absolute Gasteiger partial charge is 0 e. The average Bonchev–Trinajstić information content (AvgIpc) is 0.918. The Morgan fingerprint density at radius 2 is 1.25 bits per heavy atom. The minimum Gasteiger partial charge on any atom is -0.323 e. The first kappa shape index (κ1) is 8.97. The fraction of sp³-hybridized carbons (Fsp3) is 1.00. The number of hydrogen-bond acceptors (Lipinski definition) is 1. The van der Waals surface area contributed by atoms with Gasteiger partial charge in [-0.25, -0.2) is 0 Å². The number of hydrogen-bond donors (Lipinski definition) is 1. The zero-order valence-electron chi connectivity index (χ0n) is 2.85. The van der Waals surface area contributed by atoms with Gasteiger partial charge in [0.05, 0.1) is 0 Å². The van der Waals surface area contributed by atoms with Gasteiger partial charge in [-0.1, -0.05) is 0 Å². The van der Waals surface area contributed by atoms with Gasteiger partial charge in [-0.3, -0.25) is 0 Å². The molecule has 0 spiro atoms. The second-order valence-corrected chi connectivity index (χ2v) is 0.500. The number of rotatable bonds is 0. The van der Waals surface area contributed by atoms with Crippen molar-refractivity contribution in [1.29, 1.82) is 0 Å². The summed E-state index contributed by atoms with van der Waals surface area (Å²) in [6, 6.07) is 0. The van der Waals surface area contributed by atoms with E-state index < -0.39 is 0 Å². The Morgan fingerprint density at radius 1 is 1.25 bits per heavy atom. The topological polar surface area (TPSA) is 12.0 Å². The molecule has 2 heteroatoms. The van der Waals surface area contributed by atoms with Gasteiger partial charge < -0.3 is 5.32 Å². The molecule has 0 aliphatic heterocycles. The van der Waals surface area contributed by atoms with Crippen LogP contribution in [0, 0.1) is 37.7 Å². The molecule has 0 bridgehead atoms. The first-order valence-corrected chi connectivity index (χ1v) is 1.00. The Hall–Kier alpha value is 1.22. The van der Waals surface area contributed by atoms with Crippen LogP contribution in [0.1, 0.15) is 0 Å². The molecule has 4 heavy (non-hydrogen) atoms. The van der Waals surface area contributed by atoms with E-state index in [-0.39, 0.29) is 37.7 Å². The van der Waals surface area contributed by atoms with Crippen molar-refractivity contribution in [3.8, 4) is 0 Å². The molecular formula is C2H7ArN. The fourth-order valence-corrected chi connectivity index (χ4v) is 0. The molecule has 0 atom stereocenters. The summed E-state index contributed by atoms with van der Waals surface area (Å²) in [5, 5.41) is 2.75. The molecule has 0 fully saturated rings. The molecule has 0 aromatic rings. The van der Waals surface area contributed by atoms with Crippen molar-refractivity contribution in [2.24, 2.45) is 0 Å². The predicted molar refractivity (Wildman–Crippen MR) is 15.0 cm³/mol. The van der Waals surface area contributed by atoms with Gasteiger partial charge in [-0.15, -0.1) is 0 Å². The maximum Gasteiger partial charge on any atom is 0 e. The molecule has 0 heterocycles. The molecule has 1 N–H and O–H groups in total. The van der Waals surface area contributed by atoms with E-state index in [1.165, 1.54) is 0 Å². The van der Waals surface area contributed by atoms with Crippen LogP contribution in [0.5, 0.6) is 0 Å². The van der Waals surface area contributed by atoms with E-state index in [4.69, 9.17) is 0 Å². The zero-order valence-corrected chi connectivity index (χ0v) is 3.56. The average molecular weight is 85.0 g/mol. The Bertz CT molecular complexity index is 6.00. The van der Waals surface area contributed by atoms with Gasteiger partial charge in [0.25, 0.3) is 0 Å². The van der Waals surface area contributed by atoms with E-state index in [1.54, 1.807) is 0 Å². The molecule has 0 aromatic heterocycles. The summed E-state index contributed by atoms with van der Waals surface area (Å²) in [6.45, 7) is 0. The largest absolute Gasteiger partial charge is 0.323 e. The molecule has 0 rings (SSSR count). The van der Waals surface area contributed by atoms with Crippen LogP contribution in [0.25, 0.3) is 0 Å². The molecule has 0 unspecified atom stereocenters. The third kappa shape index (κ3) is 10.7. The molecule has 0 aliphatic carbocycles. The summed E-state index contributed by atoms with van der Waals surface area (Å²) in [4.78, 5) is 0. The molecule has 0 saturated heterocycles. The summed E-state index contributed by atoms with van der Waals surface area (Å²) >= 11 is 0. The van der Waals surface area contributed by atoms with Crippen LogP contribution in [0.3, 0.4) is 0 Å². The summed E-state index contributed by atoms with van der Waals surface area (Å²) < 4.78 is 0. The Morgan fingerprint density at radius 3 is 1.25 bits per heavy atom. The van der Waals surface area contributed by atoms with E-state index >= 15 is 0 Å². The van der Waals surface area contributed by atoms with Crippen LogP contribution in [-0.4, -0.2) is 14.1 Å². The van der Waals surface area contributed by atoms with Gasteiger partial charge in [0.2, 0.25) is 0 Å². The Kier molecular flexibility index (Phi) is 19.9. The van der Waals surface area contributed by atoms with Gasteiger partial charge in [0, 0.05) is 37.7 Å². The van der Waals surface area contributed by atoms with Crippen molar-refractivity contribution in [2.45, 2.75) is 0 Å². The van der Waals surface area contributed by atoms with E-state index in [2.05, 4.69) is 5.32 Å². The summed E-state index contributed by atoms with van der Waals surface area (Å²) in [5.74, 6) is 0. The van der Waals surface area contributed by atoms with Gasteiger partial charge in [-0.05, 0) is 14.1 Å². The van der Waals surface area contributed by atoms with Crippen molar-refractivity contribution < 1.29 is 37.7 Å². The number of nitrogens with one attached hydrogen (secondary N) is 1. The minimum atomic E-state index is 0. The van der Waals surface area contributed by atoms with Crippen molar-refractivity contribution in [2.75, 3.05) is 14.1 Å². The molecule has 0 aliphatic rings. The first-order valence-electron chi connectivity index (χ1n) is 1.00. The van der Waals surface area contributed by atoms with E-state index in [9.17, 15) is 0 Å². The van der Waals surface area contributed by atoms with Gasteiger partial charge in [0.1, 0.15) is 0 Å². The fourth-order valence-electron chi connectivity index (χ4n) is 0. The molecule has 1 nitrogen and oxygen atoms in total. The molecule has 0 saturated carbocycles. The molecule has 0 radical (unpaired) electrons. The third-order valence-electron chi connectivity index (χ3n) is 0. The van der Waals surface area contributed by atoms with Crippen LogP contribution in [0.4, 0.5) is 0 Å². The normalized spacial score (nSPS) is 4.50. The second kappa shape index (κ2) is 8.88. The molecule has 0 amide bonds. The predicted octanol–water partition coefficient (Wildman–Crippen LogP) is -0.164. The van der Waals surface area contributed by atoms with Gasteiger partial charge in [0.15, 0.2) is 0 Å². The van der Waals surface area contributed by atoms with Crippen molar-refractivity contribution >= 4 is 0 Å². The van der Waals surface area contributed by atoms with Gasteiger partial charge in [-0.2, -0.15) is 0 Å². The van der Waals surface area contributed by atoms with Crippen LogP contribution in [-0.2, 0) is 0 Å². The van der Waals surface area contributed by atoms with E-state index in [1.807, 2.05) is 14.1 Å². The third-order valence-corrected chi connectivity index (χ3v) is 0. The first-order chi connectivity index (χ1) is 1.41. The zero-order chi connectivity index (χ0) is 2.71. The maximum atomic E-state index is 2.75. The van der Waals surface area contributed by atoms with Crippen molar-refractivity contribution in [1.82, 2.24) is 5.32 Å². The summed E-state index contributed by atoms with van der Waals surface area (Å²) in [5.41, 5.74) is 0. The standard InChI is InChI=1S/C2H7N.Ar/c1-3-2;/h3H,1-2H3;. The van der Waals surface area contributed by atoms with Crippen LogP contribution < -0.4 is 5.32 Å².